The summed E-state index contributed by atoms with van der Waals surface area (Å²) in [6.07, 6.45) is 4.76. The molecule has 0 fully saturated rings. The number of hydrogen-bond donors (Lipinski definition) is 2. The standard InChI is InChI=1S/C11H15N3O3S/c1-2-3-6-18-7-8(15)14-10-9(11(16)17)12-4-5-13-10/h4-5H,2-3,6-7H2,1H3,(H,16,17)(H,13,14,15). The Bertz CT molecular complexity index is 426. The molecule has 0 unspecified atom stereocenters. The highest BCUT2D eigenvalue weighted by Crippen LogP contribution is 2.10. The van der Waals surface area contributed by atoms with Crippen molar-refractivity contribution in [1.82, 2.24) is 9.97 Å². The van der Waals surface area contributed by atoms with Crippen LogP contribution < -0.4 is 5.32 Å². The summed E-state index contributed by atoms with van der Waals surface area (Å²) in [5.74, 6) is -0.284. The number of thioether (sulfide) groups is 1. The minimum Gasteiger partial charge on any atom is -0.476 e. The van der Waals surface area contributed by atoms with Gasteiger partial charge < -0.3 is 10.4 Å². The normalized spacial score (nSPS) is 10.1. The molecule has 0 saturated carbocycles. The predicted octanol–water partition coefficient (Wildman–Crippen LogP) is 1.65. The molecule has 6 nitrogen and oxygen atoms in total. The molecule has 1 aromatic heterocycles. The van der Waals surface area contributed by atoms with E-state index in [-0.39, 0.29) is 23.2 Å². The van der Waals surface area contributed by atoms with Crippen LogP contribution in [0.1, 0.15) is 30.3 Å². The van der Waals surface area contributed by atoms with Crippen molar-refractivity contribution in [3.8, 4) is 0 Å². The van der Waals surface area contributed by atoms with Gasteiger partial charge in [-0.15, -0.1) is 0 Å². The Balaban J connectivity index is 2.51. The first-order valence-corrected chi connectivity index (χ1v) is 6.72. The Morgan fingerprint density at radius 1 is 1.39 bits per heavy atom. The van der Waals surface area contributed by atoms with Gasteiger partial charge in [-0.1, -0.05) is 13.3 Å². The van der Waals surface area contributed by atoms with E-state index in [0.29, 0.717) is 0 Å². The highest BCUT2D eigenvalue weighted by Gasteiger charge is 2.14. The molecule has 1 rings (SSSR count). The Hall–Kier alpha value is -1.63. The van der Waals surface area contributed by atoms with Gasteiger partial charge >= 0.3 is 5.97 Å². The van der Waals surface area contributed by atoms with Crippen LogP contribution in [0.4, 0.5) is 5.82 Å². The number of aromatic carboxylic acids is 1. The molecular weight excluding hydrogens is 254 g/mol. The number of rotatable bonds is 7. The van der Waals surface area contributed by atoms with E-state index in [1.807, 2.05) is 0 Å². The number of hydrogen-bond acceptors (Lipinski definition) is 5. The first-order chi connectivity index (χ1) is 8.65. The molecule has 0 aromatic carbocycles. The van der Waals surface area contributed by atoms with Gasteiger partial charge in [0.05, 0.1) is 5.75 Å². The average molecular weight is 269 g/mol. The van der Waals surface area contributed by atoms with Crippen molar-refractivity contribution >= 4 is 29.5 Å². The number of anilines is 1. The predicted molar refractivity (Wildman–Crippen MR) is 69.9 cm³/mol. The van der Waals surface area contributed by atoms with Crippen LogP contribution in [0.5, 0.6) is 0 Å². The first kappa shape index (κ1) is 14.4. The highest BCUT2D eigenvalue weighted by atomic mass is 32.2. The van der Waals surface area contributed by atoms with E-state index in [9.17, 15) is 9.59 Å². The maximum absolute atomic E-state index is 11.6. The highest BCUT2D eigenvalue weighted by molar-refractivity contribution is 7.99. The summed E-state index contributed by atoms with van der Waals surface area (Å²) < 4.78 is 0. The van der Waals surface area contributed by atoms with Crippen molar-refractivity contribution in [2.24, 2.45) is 0 Å². The van der Waals surface area contributed by atoms with E-state index >= 15 is 0 Å². The molecule has 18 heavy (non-hydrogen) atoms. The lowest BCUT2D eigenvalue weighted by Crippen LogP contribution is -2.18. The van der Waals surface area contributed by atoms with Gasteiger partial charge in [0.1, 0.15) is 0 Å². The van der Waals surface area contributed by atoms with Gasteiger partial charge in [-0.25, -0.2) is 14.8 Å². The van der Waals surface area contributed by atoms with E-state index in [1.54, 1.807) is 0 Å². The number of carboxylic acids is 1. The molecule has 0 saturated heterocycles. The smallest absolute Gasteiger partial charge is 0.358 e. The topological polar surface area (TPSA) is 92.2 Å². The molecule has 0 radical (unpaired) electrons. The van der Waals surface area contributed by atoms with Gasteiger partial charge in [0.25, 0.3) is 0 Å². The summed E-state index contributed by atoms with van der Waals surface area (Å²) >= 11 is 1.51. The molecule has 0 aliphatic heterocycles. The summed E-state index contributed by atoms with van der Waals surface area (Å²) in [6, 6.07) is 0. The first-order valence-electron chi connectivity index (χ1n) is 5.57. The van der Waals surface area contributed by atoms with E-state index in [2.05, 4.69) is 22.2 Å². The van der Waals surface area contributed by atoms with Crippen LogP contribution in [0.3, 0.4) is 0 Å². The maximum Gasteiger partial charge on any atom is 0.358 e. The minimum absolute atomic E-state index is 0.00825. The van der Waals surface area contributed by atoms with Crippen LogP contribution in [0.25, 0.3) is 0 Å². The van der Waals surface area contributed by atoms with Crippen molar-refractivity contribution in [2.45, 2.75) is 19.8 Å². The van der Waals surface area contributed by atoms with E-state index in [4.69, 9.17) is 5.11 Å². The van der Waals surface area contributed by atoms with Gasteiger partial charge in [-0.2, -0.15) is 11.8 Å². The number of nitrogens with one attached hydrogen (secondary N) is 1. The lowest BCUT2D eigenvalue weighted by molar-refractivity contribution is -0.113. The van der Waals surface area contributed by atoms with Crippen LogP contribution in [-0.4, -0.2) is 38.5 Å². The van der Waals surface area contributed by atoms with Crippen molar-refractivity contribution in [3.63, 3.8) is 0 Å². The van der Waals surface area contributed by atoms with Gasteiger partial charge in [-0.05, 0) is 12.2 Å². The molecular formula is C11H15N3O3S. The summed E-state index contributed by atoms with van der Waals surface area (Å²) in [5, 5.41) is 11.3. The van der Waals surface area contributed by atoms with Crippen LogP contribution in [0.2, 0.25) is 0 Å². The molecule has 0 aliphatic rings. The fraction of sp³-hybridized carbons (Fsp3) is 0.455. The number of nitrogens with zero attached hydrogens (tertiary/aromatic N) is 2. The molecule has 2 N–H and O–H groups in total. The largest absolute Gasteiger partial charge is 0.476 e. The molecule has 0 spiro atoms. The third kappa shape index (κ3) is 4.70. The van der Waals surface area contributed by atoms with E-state index < -0.39 is 5.97 Å². The van der Waals surface area contributed by atoms with Gasteiger partial charge in [-0.3, -0.25) is 4.79 Å². The second-order valence-electron chi connectivity index (χ2n) is 3.51. The molecule has 7 heteroatoms. The second kappa shape index (κ2) is 7.65. The third-order valence-corrected chi connectivity index (χ3v) is 3.08. The lowest BCUT2D eigenvalue weighted by Gasteiger charge is -2.05. The zero-order valence-electron chi connectivity index (χ0n) is 10.0. The van der Waals surface area contributed by atoms with Crippen LogP contribution in [0.15, 0.2) is 12.4 Å². The Labute approximate surface area is 109 Å². The number of unbranched alkanes of at least 4 members (excludes halogenated alkanes) is 1. The van der Waals surface area contributed by atoms with E-state index in [1.165, 1.54) is 24.2 Å². The van der Waals surface area contributed by atoms with Crippen LogP contribution in [0, 0.1) is 0 Å². The van der Waals surface area contributed by atoms with Crippen LogP contribution in [-0.2, 0) is 4.79 Å². The van der Waals surface area contributed by atoms with Crippen LogP contribution >= 0.6 is 11.8 Å². The molecule has 98 valence electrons. The molecule has 1 amide bonds. The Kier molecular flexibility index (Phi) is 6.13. The monoisotopic (exact) mass is 269 g/mol. The quantitative estimate of drug-likeness (QED) is 0.731. The summed E-state index contributed by atoms with van der Waals surface area (Å²) in [4.78, 5) is 29.9. The van der Waals surface area contributed by atoms with Gasteiger partial charge in [0.2, 0.25) is 5.91 Å². The zero-order valence-corrected chi connectivity index (χ0v) is 10.9. The van der Waals surface area contributed by atoms with Crippen molar-refractivity contribution in [2.75, 3.05) is 16.8 Å². The molecule has 0 atom stereocenters. The lowest BCUT2D eigenvalue weighted by atomic mass is 10.4. The number of carbonyl (C=O) groups excluding carboxylic acids is 1. The number of carbonyl (C=O) groups is 2. The number of aromatic nitrogens is 2. The molecule has 0 aliphatic carbocycles. The minimum atomic E-state index is -1.21. The van der Waals surface area contributed by atoms with Gasteiger partial charge in [0, 0.05) is 12.4 Å². The third-order valence-electron chi connectivity index (χ3n) is 2.03. The van der Waals surface area contributed by atoms with Crippen molar-refractivity contribution in [3.05, 3.63) is 18.1 Å². The molecule has 1 aromatic rings. The number of amides is 1. The summed E-state index contributed by atoms with van der Waals surface area (Å²) in [5.41, 5.74) is -0.246. The number of carboxylic acid groups (broad SMARTS) is 1. The zero-order chi connectivity index (χ0) is 13.4. The van der Waals surface area contributed by atoms with Crippen molar-refractivity contribution in [1.29, 1.82) is 0 Å². The molecule has 0 bridgehead atoms. The maximum atomic E-state index is 11.6. The summed E-state index contributed by atoms with van der Waals surface area (Å²) in [6.45, 7) is 2.08. The Morgan fingerprint density at radius 2 is 2.11 bits per heavy atom. The summed E-state index contributed by atoms with van der Waals surface area (Å²) in [7, 11) is 0. The fourth-order valence-electron chi connectivity index (χ4n) is 1.17. The molecule has 1 heterocycles. The van der Waals surface area contributed by atoms with Crippen molar-refractivity contribution < 1.29 is 14.7 Å². The Morgan fingerprint density at radius 3 is 2.78 bits per heavy atom. The SMILES string of the molecule is CCCCSCC(=O)Nc1nccnc1C(=O)O. The van der Waals surface area contributed by atoms with Gasteiger partial charge in [0.15, 0.2) is 11.5 Å². The fourth-order valence-corrected chi connectivity index (χ4v) is 2.06. The average Bonchev–Trinajstić information content (AvgIpc) is 2.35. The second-order valence-corrected chi connectivity index (χ2v) is 4.62. The van der Waals surface area contributed by atoms with E-state index in [0.717, 1.165) is 18.6 Å².